The Labute approximate surface area is 125 Å². The number of benzene rings is 1. The average Bonchev–Trinajstić information content (AvgIpc) is 2.89. The van der Waals surface area contributed by atoms with Gasteiger partial charge >= 0.3 is 7.12 Å². The zero-order chi connectivity index (χ0) is 15.3. The van der Waals surface area contributed by atoms with Gasteiger partial charge in [0.15, 0.2) is 0 Å². The molecule has 3 rings (SSSR count). The summed E-state index contributed by atoms with van der Waals surface area (Å²) in [5.41, 5.74) is 2.17. The van der Waals surface area contributed by atoms with Crippen LogP contribution >= 0.6 is 0 Å². The maximum Gasteiger partial charge on any atom is 0.494 e. The van der Waals surface area contributed by atoms with E-state index in [1.807, 2.05) is 50.5 Å². The lowest BCUT2D eigenvalue weighted by molar-refractivity contribution is 0.00578. The van der Waals surface area contributed by atoms with Crippen molar-refractivity contribution in [3.05, 3.63) is 24.5 Å². The van der Waals surface area contributed by atoms with E-state index in [0.717, 1.165) is 16.5 Å². The van der Waals surface area contributed by atoms with E-state index in [4.69, 9.17) is 14.4 Å². The number of rotatable bonds is 3. The average molecular weight is 288 g/mol. The maximum atomic E-state index is 9.05. The molecule has 0 spiro atoms. The van der Waals surface area contributed by atoms with E-state index in [1.165, 1.54) is 0 Å². The fourth-order valence-electron chi connectivity index (χ4n) is 2.49. The van der Waals surface area contributed by atoms with E-state index in [9.17, 15) is 0 Å². The summed E-state index contributed by atoms with van der Waals surface area (Å²) in [5, 5.41) is 9.05. The van der Waals surface area contributed by atoms with Crippen LogP contribution in [0.15, 0.2) is 24.5 Å². The van der Waals surface area contributed by atoms with Crippen molar-refractivity contribution in [2.75, 3.05) is 6.61 Å². The first-order chi connectivity index (χ1) is 9.84. The molecular weight excluding hydrogens is 267 g/mol. The molecule has 1 fully saturated rings. The highest BCUT2D eigenvalue weighted by molar-refractivity contribution is 6.62. The summed E-state index contributed by atoms with van der Waals surface area (Å²) < 4.78 is 14.0. The van der Waals surface area contributed by atoms with Crippen LogP contribution in [0.3, 0.4) is 0 Å². The van der Waals surface area contributed by atoms with Gasteiger partial charge in [0.05, 0.1) is 35.2 Å². The van der Waals surface area contributed by atoms with Gasteiger partial charge < -0.3 is 19.0 Å². The molecule has 0 aliphatic carbocycles. The quantitative estimate of drug-likeness (QED) is 0.866. The Bertz CT molecular complexity index is 650. The number of hydrogen-bond donors (Lipinski definition) is 1. The monoisotopic (exact) mass is 288 g/mol. The van der Waals surface area contributed by atoms with Crippen molar-refractivity contribution in [1.82, 2.24) is 9.55 Å². The number of aromatic nitrogens is 2. The fraction of sp³-hybridized carbons (Fsp3) is 0.533. The van der Waals surface area contributed by atoms with Crippen molar-refractivity contribution in [3.8, 4) is 0 Å². The maximum absolute atomic E-state index is 9.05. The molecule has 2 aromatic rings. The molecule has 0 saturated carbocycles. The van der Waals surface area contributed by atoms with Crippen LogP contribution in [0.25, 0.3) is 11.0 Å². The minimum atomic E-state index is -0.373. The minimum absolute atomic E-state index is 0.102. The molecule has 6 heteroatoms. The lowest BCUT2D eigenvalue weighted by atomic mass is 9.79. The number of imidazole rings is 1. The number of aliphatic hydroxyl groups excluding tert-OH is 1. The van der Waals surface area contributed by atoms with Gasteiger partial charge in [-0.1, -0.05) is 6.07 Å². The standard InChI is InChI=1S/C15H21BN2O3/c1-14(2)15(3,4)21-16(20-14)11-5-6-13-12(9-11)17-10-18(13)7-8-19/h5-6,9-10,19H,7-8H2,1-4H3. The second kappa shape index (κ2) is 4.83. The van der Waals surface area contributed by atoms with Gasteiger partial charge in [-0.2, -0.15) is 0 Å². The third-order valence-corrected chi connectivity index (χ3v) is 4.51. The molecule has 0 amide bonds. The van der Waals surface area contributed by atoms with Gasteiger partial charge in [-0.25, -0.2) is 4.98 Å². The van der Waals surface area contributed by atoms with Crippen LogP contribution < -0.4 is 5.46 Å². The molecule has 0 bridgehead atoms. The predicted octanol–water partition coefficient (Wildman–Crippen LogP) is 1.33. The van der Waals surface area contributed by atoms with E-state index in [1.54, 1.807) is 6.33 Å². The topological polar surface area (TPSA) is 56.5 Å². The summed E-state index contributed by atoms with van der Waals surface area (Å²) in [7, 11) is -0.373. The Balaban J connectivity index is 1.92. The lowest BCUT2D eigenvalue weighted by Gasteiger charge is -2.32. The molecule has 1 aliphatic rings. The van der Waals surface area contributed by atoms with Crippen molar-refractivity contribution in [2.24, 2.45) is 0 Å². The molecule has 21 heavy (non-hydrogen) atoms. The molecule has 0 unspecified atom stereocenters. The molecule has 0 atom stereocenters. The molecule has 5 nitrogen and oxygen atoms in total. The van der Waals surface area contributed by atoms with Crippen molar-refractivity contribution >= 4 is 23.6 Å². The molecule has 1 saturated heterocycles. The second-order valence-corrected chi connectivity index (χ2v) is 6.50. The summed E-state index contributed by atoms with van der Waals surface area (Å²) in [4.78, 5) is 4.38. The van der Waals surface area contributed by atoms with E-state index >= 15 is 0 Å². The van der Waals surface area contributed by atoms with Gasteiger partial charge in [0.1, 0.15) is 0 Å². The third-order valence-electron chi connectivity index (χ3n) is 4.51. The van der Waals surface area contributed by atoms with Crippen LogP contribution in [0, 0.1) is 0 Å². The van der Waals surface area contributed by atoms with Gasteiger partial charge in [0, 0.05) is 6.54 Å². The van der Waals surface area contributed by atoms with Crippen molar-refractivity contribution in [1.29, 1.82) is 0 Å². The largest absolute Gasteiger partial charge is 0.494 e. The Morgan fingerprint density at radius 2 is 1.86 bits per heavy atom. The number of fused-ring (bicyclic) bond motifs is 1. The fourth-order valence-corrected chi connectivity index (χ4v) is 2.49. The number of aliphatic hydroxyl groups is 1. The summed E-state index contributed by atoms with van der Waals surface area (Å²) in [6, 6.07) is 5.99. The Hall–Kier alpha value is -1.37. The highest BCUT2D eigenvalue weighted by atomic mass is 16.7. The van der Waals surface area contributed by atoms with Crippen molar-refractivity contribution < 1.29 is 14.4 Å². The van der Waals surface area contributed by atoms with E-state index in [2.05, 4.69) is 4.98 Å². The normalized spacial score (nSPS) is 20.3. The Morgan fingerprint density at radius 3 is 2.48 bits per heavy atom. The minimum Gasteiger partial charge on any atom is -0.399 e. The van der Waals surface area contributed by atoms with Crippen LogP contribution in [0.2, 0.25) is 0 Å². The highest BCUT2D eigenvalue weighted by Gasteiger charge is 2.51. The first-order valence-corrected chi connectivity index (χ1v) is 7.25. The zero-order valence-corrected chi connectivity index (χ0v) is 13.0. The van der Waals surface area contributed by atoms with Gasteiger partial charge in [0.25, 0.3) is 0 Å². The zero-order valence-electron chi connectivity index (χ0n) is 13.0. The summed E-state index contributed by atoms with van der Waals surface area (Å²) >= 11 is 0. The predicted molar refractivity (Wildman–Crippen MR) is 82.5 cm³/mol. The van der Waals surface area contributed by atoms with Gasteiger partial charge in [-0.15, -0.1) is 0 Å². The molecule has 1 aliphatic heterocycles. The third kappa shape index (κ3) is 2.37. The van der Waals surface area contributed by atoms with E-state index in [-0.39, 0.29) is 24.9 Å². The smallest absolute Gasteiger partial charge is 0.399 e. The summed E-state index contributed by atoms with van der Waals surface area (Å²) in [6.07, 6.45) is 1.74. The number of hydrogen-bond acceptors (Lipinski definition) is 4. The highest BCUT2D eigenvalue weighted by Crippen LogP contribution is 2.36. The van der Waals surface area contributed by atoms with Gasteiger partial charge in [-0.05, 0) is 45.3 Å². The Morgan fingerprint density at radius 1 is 1.19 bits per heavy atom. The van der Waals surface area contributed by atoms with Crippen molar-refractivity contribution in [2.45, 2.75) is 45.4 Å². The van der Waals surface area contributed by atoms with E-state index < -0.39 is 0 Å². The first kappa shape index (κ1) is 14.6. The Kier molecular flexibility index (Phi) is 3.35. The summed E-state index contributed by atoms with van der Waals surface area (Å²) in [6.45, 7) is 8.82. The van der Waals surface area contributed by atoms with Crippen LogP contribution in [-0.2, 0) is 15.9 Å². The molecule has 2 heterocycles. The van der Waals surface area contributed by atoms with Crippen LogP contribution in [0.1, 0.15) is 27.7 Å². The van der Waals surface area contributed by atoms with Crippen molar-refractivity contribution in [3.63, 3.8) is 0 Å². The molecule has 1 aromatic heterocycles. The van der Waals surface area contributed by atoms with Crippen LogP contribution in [0.5, 0.6) is 0 Å². The molecule has 112 valence electrons. The SMILES string of the molecule is CC1(C)OB(c2ccc3c(c2)ncn3CCO)OC1(C)C. The lowest BCUT2D eigenvalue weighted by Crippen LogP contribution is -2.41. The van der Waals surface area contributed by atoms with Gasteiger partial charge in [-0.3, -0.25) is 0 Å². The van der Waals surface area contributed by atoms with Crippen LogP contribution in [-0.4, -0.2) is 39.6 Å². The molecule has 0 radical (unpaired) electrons. The van der Waals surface area contributed by atoms with Gasteiger partial charge in [0.2, 0.25) is 0 Å². The van der Waals surface area contributed by atoms with E-state index in [0.29, 0.717) is 6.54 Å². The first-order valence-electron chi connectivity index (χ1n) is 7.25. The molecule has 1 N–H and O–H groups in total. The number of nitrogens with zero attached hydrogens (tertiary/aromatic N) is 2. The molecule has 1 aromatic carbocycles. The second-order valence-electron chi connectivity index (χ2n) is 6.50. The van der Waals surface area contributed by atoms with Crippen LogP contribution in [0.4, 0.5) is 0 Å². The summed E-state index contributed by atoms with van der Waals surface area (Å²) in [5.74, 6) is 0. The molecular formula is C15H21BN2O3.